The molecule has 5 heteroatoms. The van der Waals surface area contributed by atoms with Gasteiger partial charge in [-0.15, -0.1) is 0 Å². The quantitative estimate of drug-likeness (QED) is 0.765. The highest BCUT2D eigenvalue weighted by molar-refractivity contribution is 5.91. The van der Waals surface area contributed by atoms with E-state index in [4.69, 9.17) is 0 Å². The summed E-state index contributed by atoms with van der Waals surface area (Å²) in [7, 11) is 0. The summed E-state index contributed by atoms with van der Waals surface area (Å²) in [6.45, 7) is 4.08. The van der Waals surface area contributed by atoms with Crippen molar-refractivity contribution in [1.82, 2.24) is 4.98 Å². The summed E-state index contributed by atoms with van der Waals surface area (Å²) in [4.78, 5) is 27.4. The van der Waals surface area contributed by atoms with Gasteiger partial charge in [0.15, 0.2) is 0 Å². The Balaban J connectivity index is 2.52. The van der Waals surface area contributed by atoms with E-state index in [0.717, 1.165) is 25.7 Å². The molecule has 1 aromatic heterocycles. The van der Waals surface area contributed by atoms with Gasteiger partial charge in [-0.1, -0.05) is 32.8 Å². The average Bonchev–Trinajstić information content (AvgIpc) is 2.43. The number of anilines is 2. The Morgan fingerprint density at radius 1 is 0.950 bits per heavy atom. The lowest BCUT2D eigenvalue weighted by Gasteiger charge is -2.07. The van der Waals surface area contributed by atoms with Gasteiger partial charge in [0.2, 0.25) is 11.8 Å². The third kappa shape index (κ3) is 6.31. The van der Waals surface area contributed by atoms with E-state index in [1.54, 1.807) is 18.2 Å². The van der Waals surface area contributed by atoms with E-state index in [0.29, 0.717) is 24.5 Å². The van der Waals surface area contributed by atoms with Crippen LogP contribution in [0, 0.1) is 0 Å². The second kappa shape index (κ2) is 9.07. The van der Waals surface area contributed by atoms with Crippen molar-refractivity contribution >= 4 is 23.5 Å². The minimum absolute atomic E-state index is 0.0474. The number of nitrogens with one attached hydrogen (secondary N) is 2. The van der Waals surface area contributed by atoms with Gasteiger partial charge in [0.05, 0.1) is 0 Å². The maximum Gasteiger partial charge on any atom is 0.225 e. The minimum atomic E-state index is -0.0474. The van der Waals surface area contributed by atoms with Crippen molar-refractivity contribution in [3.05, 3.63) is 18.2 Å². The maximum atomic E-state index is 11.6. The molecule has 0 saturated carbocycles. The van der Waals surface area contributed by atoms with Crippen molar-refractivity contribution in [2.75, 3.05) is 10.6 Å². The zero-order chi connectivity index (χ0) is 14.8. The van der Waals surface area contributed by atoms with E-state index < -0.39 is 0 Å². The first-order valence-corrected chi connectivity index (χ1v) is 7.22. The summed E-state index contributed by atoms with van der Waals surface area (Å²) in [5, 5.41) is 5.46. The van der Waals surface area contributed by atoms with E-state index >= 15 is 0 Å². The van der Waals surface area contributed by atoms with E-state index in [1.165, 1.54) is 0 Å². The van der Waals surface area contributed by atoms with Crippen molar-refractivity contribution in [3.8, 4) is 0 Å². The van der Waals surface area contributed by atoms with Gasteiger partial charge >= 0.3 is 0 Å². The summed E-state index contributed by atoms with van der Waals surface area (Å²) in [5.74, 6) is 0.849. The molecule has 0 fully saturated rings. The molecule has 1 aromatic rings. The topological polar surface area (TPSA) is 71.1 Å². The Morgan fingerprint density at radius 2 is 1.40 bits per heavy atom. The number of carbonyl (C=O) groups is 2. The molecule has 0 atom stereocenters. The number of aromatic nitrogens is 1. The van der Waals surface area contributed by atoms with Crippen molar-refractivity contribution < 1.29 is 9.59 Å². The number of hydrogen-bond acceptors (Lipinski definition) is 3. The summed E-state index contributed by atoms with van der Waals surface area (Å²) in [6, 6.07) is 5.19. The molecule has 110 valence electrons. The molecule has 1 heterocycles. The second-order valence-electron chi connectivity index (χ2n) is 4.71. The molecule has 0 saturated heterocycles. The van der Waals surface area contributed by atoms with Crippen LogP contribution < -0.4 is 10.6 Å². The molecule has 0 aromatic carbocycles. The van der Waals surface area contributed by atoms with Crippen molar-refractivity contribution in [2.45, 2.75) is 52.4 Å². The van der Waals surface area contributed by atoms with Crippen molar-refractivity contribution in [2.24, 2.45) is 0 Å². The molecule has 0 unspecified atom stereocenters. The minimum Gasteiger partial charge on any atom is -0.311 e. The van der Waals surface area contributed by atoms with E-state index in [-0.39, 0.29) is 11.8 Å². The lowest BCUT2D eigenvalue weighted by molar-refractivity contribution is -0.117. The Labute approximate surface area is 120 Å². The molecule has 1 rings (SSSR count). The molecule has 5 nitrogen and oxygen atoms in total. The number of unbranched alkanes of at least 4 members (excludes halogenated alkanes) is 2. The molecular formula is C15H23N3O2. The maximum absolute atomic E-state index is 11.6. The molecule has 2 amide bonds. The monoisotopic (exact) mass is 277 g/mol. The first kappa shape index (κ1) is 16.1. The fourth-order valence-corrected chi connectivity index (χ4v) is 1.66. The standard InChI is InChI=1S/C15H23N3O2/c1-3-5-10-14(19)17-12-8-7-9-13(16-12)18-15(20)11-6-4-2/h7-9H,3-6,10-11H2,1-2H3,(H2,16,17,18,19,20). The Kier molecular flexibility index (Phi) is 7.32. The van der Waals surface area contributed by atoms with Crippen LogP contribution in [-0.4, -0.2) is 16.8 Å². The highest BCUT2D eigenvalue weighted by Crippen LogP contribution is 2.11. The SMILES string of the molecule is CCCCC(=O)Nc1cccc(NC(=O)CCCC)n1. The van der Waals surface area contributed by atoms with Gasteiger partial charge in [0.1, 0.15) is 11.6 Å². The van der Waals surface area contributed by atoms with Crippen LogP contribution in [0.2, 0.25) is 0 Å². The number of amides is 2. The summed E-state index contributed by atoms with van der Waals surface area (Å²) in [5.41, 5.74) is 0. The Hall–Kier alpha value is -1.91. The largest absolute Gasteiger partial charge is 0.311 e. The Morgan fingerprint density at radius 3 is 1.80 bits per heavy atom. The molecule has 0 bridgehead atoms. The number of nitrogens with zero attached hydrogens (tertiary/aromatic N) is 1. The first-order chi connectivity index (χ1) is 9.65. The average molecular weight is 277 g/mol. The molecule has 0 aliphatic carbocycles. The molecule has 2 N–H and O–H groups in total. The zero-order valence-electron chi connectivity index (χ0n) is 12.2. The molecular weight excluding hydrogens is 254 g/mol. The van der Waals surface area contributed by atoms with Gasteiger partial charge in [-0.2, -0.15) is 0 Å². The summed E-state index contributed by atoms with van der Waals surface area (Å²) < 4.78 is 0. The van der Waals surface area contributed by atoms with Gasteiger partial charge in [0, 0.05) is 12.8 Å². The lowest BCUT2D eigenvalue weighted by Crippen LogP contribution is -2.15. The zero-order valence-corrected chi connectivity index (χ0v) is 12.2. The van der Waals surface area contributed by atoms with Crippen molar-refractivity contribution in [1.29, 1.82) is 0 Å². The molecule has 20 heavy (non-hydrogen) atoms. The fourth-order valence-electron chi connectivity index (χ4n) is 1.66. The van der Waals surface area contributed by atoms with Crippen LogP contribution in [0.25, 0.3) is 0 Å². The van der Waals surface area contributed by atoms with Crippen molar-refractivity contribution in [3.63, 3.8) is 0 Å². The van der Waals surface area contributed by atoms with Crippen LogP contribution in [0.5, 0.6) is 0 Å². The van der Waals surface area contributed by atoms with Crippen LogP contribution in [-0.2, 0) is 9.59 Å². The highest BCUT2D eigenvalue weighted by Gasteiger charge is 2.06. The third-order valence-corrected chi connectivity index (χ3v) is 2.80. The normalized spacial score (nSPS) is 10.1. The highest BCUT2D eigenvalue weighted by atomic mass is 16.2. The van der Waals surface area contributed by atoms with Crippen LogP contribution in [0.3, 0.4) is 0 Å². The molecule has 0 aliphatic heterocycles. The summed E-state index contributed by atoms with van der Waals surface area (Å²) >= 11 is 0. The Bertz CT molecular complexity index is 409. The third-order valence-electron chi connectivity index (χ3n) is 2.80. The van der Waals surface area contributed by atoms with Gasteiger partial charge in [0.25, 0.3) is 0 Å². The van der Waals surface area contributed by atoms with Gasteiger partial charge in [-0.25, -0.2) is 4.98 Å². The number of rotatable bonds is 8. The first-order valence-electron chi connectivity index (χ1n) is 7.22. The van der Waals surface area contributed by atoms with E-state index in [2.05, 4.69) is 15.6 Å². The van der Waals surface area contributed by atoms with Gasteiger partial charge in [-0.3, -0.25) is 9.59 Å². The second-order valence-corrected chi connectivity index (χ2v) is 4.71. The van der Waals surface area contributed by atoms with Gasteiger partial charge < -0.3 is 10.6 Å². The predicted molar refractivity (Wildman–Crippen MR) is 80.5 cm³/mol. The number of carbonyl (C=O) groups excluding carboxylic acids is 2. The molecule has 0 radical (unpaired) electrons. The van der Waals surface area contributed by atoms with Crippen LogP contribution in [0.15, 0.2) is 18.2 Å². The molecule has 0 spiro atoms. The summed E-state index contributed by atoms with van der Waals surface area (Å²) in [6.07, 6.45) is 4.66. The molecule has 0 aliphatic rings. The van der Waals surface area contributed by atoms with Crippen LogP contribution in [0.4, 0.5) is 11.6 Å². The number of pyridine rings is 1. The number of hydrogen-bond donors (Lipinski definition) is 2. The van der Waals surface area contributed by atoms with Gasteiger partial charge in [-0.05, 0) is 25.0 Å². The lowest BCUT2D eigenvalue weighted by atomic mass is 10.2. The van der Waals surface area contributed by atoms with E-state index in [9.17, 15) is 9.59 Å². The van der Waals surface area contributed by atoms with E-state index in [1.807, 2.05) is 13.8 Å². The van der Waals surface area contributed by atoms with Crippen LogP contribution >= 0.6 is 0 Å². The predicted octanol–water partition coefficient (Wildman–Crippen LogP) is 3.34. The smallest absolute Gasteiger partial charge is 0.225 e. The van der Waals surface area contributed by atoms with Crippen LogP contribution in [0.1, 0.15) is 52.4 Å². The fraction of sp³-hybridized carbons (Fsp3) is 0.533.